The molecule has 2 nitrogen and oxygen atoms in total. The molecule has 1 atom stereocenters. The lowest BCUT2D eigenvalue weighted by atomic mass is 10.0. The molecule has 1 fully saturated rings. The Morgan fingerprint density at radius 1 is 1.33 bits per heavy atom. The van der Waals surface area contributed by atoms with Crippen molar-refractivity contribution in [3.63, 3.8) is 0 Å². The van der Waals surface area contributed by atoms with Gasteiger partial charge in [-0.25, -0.2) is 0 Å². The molecule has 0 N–H and O–H groups in total. The fourth-order valence-corrected chi connectivity index (χ4v) is 3.77. The van der Waals surface area contributed by atoms with Gasteiger partial charge >= 0.3 is 0 Å². The fraction of sp³-hybridized carbons (Fsp3) is 0.533. The van der Waals surface area contributed by atoms with E-state index >= 15 is 0 Å². The van der Waals surface area contributed by atoms with E-state index < -0.39 is 10.8 Å². The van der Waals surface area contributed by atoms with Gasteiger partial charge in [0.15, 0.2) is 0 Å². The monoisotopic (exact) mass is 264 g/mol. The van der Waals surface area contributed by atoms with Gasteiger partial charge < -0.3 is 0 Å². The molecular formula is C15H20O2S. The summed E-state index contributed by atoms with van der Waals surface area (Å²) in [4.78, 5) is 11.9. The van der Waals surface area contributed by atoms with E-state index in [0.29, 0.717) is 5.75 Å². The van der Waals surface area contributed by atoms with E-state index in [0.717, 1.165) is 31.2 Å². The van der Waals surface area contributed by atoms with E-state index in [9.17, 15) is 9.00 Å². The van der Waals surface area contributed by atoms with E-state index in [2.05, 4.69) is 0 Å². The van der Waals surface area contributed by atoms with Crippen LogP contribution in [0.4, 0.5) is 0 Å². The van der Waals surface area contributed by atoms with Crippen LogP contribution in [0.25, 0.3) is 0 Å². The van der Waals surface area contributed by atoms with Gasteiger partial charge in [0.2, 0.25) is 0 Å². The third kappa shape index (κ3) is 3.77. The van der Waals surface area contributed by atoms with Crippen LogP contribution in [-0.4, -0.2) is 15.7 Å². The maximum atomic E-state index is 12.0. The van der Waals surface area contributed by atoms with E-state index in [4.69, 9.17) is 0 Å². The van der Waals surface area contributed by atoms with Crippen molar-refractivity contribution in [3.05, 3.63) is 35.4 Å². The predicted octanol–water partition coefficient (Wildman–Crippen LogP) is 3.00. The third-order valence-corrected chi connectivity index (χ3v) is 4.79. The summed E-state index contributed by atoms with van der Waals surface area (Å²) in [5.74, 6) is 1.13. The lowest BCUT2D eigenvalue weighted by Gasteiger charge is -2.08. The molecule has 0 radical (unpaired) electrons. The lowest BCUT2D eigenvalue weighted by molar-refractivity contribution is -0.120. The Morgan fingerprint density at radius 2 is 2.06 bits per heavy atom. The zero-order valence-corrected chi connectivity index (χ0v) is 11.7. The second-order valence-corrected chi connectivity index (χ2v) is 6.62. The summed E-state index contributed by atoms with van der Waals surface area (Å²) < 4.78 is 12.0. The molecule has 0 aliphatic heterocycles. The molecule has 1 aromatic carbocycles. The number of hydrogen-bond acceptors (Lipinski definition) is 2. The number of aryl methyl sites for hydroxylation is 1. The van der Waals surface area contributed by atoms with Crippen molar-refractivity contribution in [1.82, 2.24) is 0 Å². The van der Waals surface area contributed by atoms with Crippen molar-refractivity contribution in [2.45, 2.75) is 38.4 Å². The summed E-state index contributed by atoms with van der Waals surface area (Å²) in [6.07, 6.45) is 4.31. The first-order valence-corrected chi connectivity index (χ1v) is 8.07. The molecule has 2 rings (SSSR count). The van der Waals surface area contributed by atoms with Gasteiger partial charge in [0, 0.05) is 22.5 Å². The number of carbonyl (C=O) groups excluding carboxylic acids is 1. The van der Waals surface area contributed by atoms with Crippen molar-refractivity contribution < 1.29 is 9.00 Å². The normalized spacial score (nSPS) is 17.8. The maximum absolute atomic E-state index is 12.0. The SMILES string of the molecule is Cc1cccc(CS(=O)CC(=O)C2CCCC2)c1. The lowest BCUT2D eigenvalue weighted by Crippen LogP contribution is -2.19. The van der Waals surface area contributed by atoms with E-state index in [-0.39, 0.29) is 17.5 Å². The van der Waals surface area contributed by atoms with Crippen LogP contribution in [0.2, 0.25) is 0 Å². The Balaban J connectivity index is 1.86. The second-order valence-electron chi connectivity index (χ2n) is 5.17. The van der Waals surface area contributed by atoms with Gasteiger partial charge in [-0.15, -0.1) is 0 Å². The highest BCUT2D eigenvalue weighted by molar-refractivity contribution is 7.84. The van der Waals surface area contributed by atoms with Crippen molar-refractivity contribution in [2.24, 2.45) is 5.92 Å². The summed E-state index contributed by atoms with van der Waals surface area (Å²) >= 11 is 0. The smallest absolute Gasteiger partial charge is 0.148 e. The average molecular weight is 264 g/mol. The largest absolute Gasteiger partial charge is 0.298 e. The van der Waals surface area contributed by atoms with Crippen LogP contribution in [-0.2, 0) is 21.3 Å². The zero-order valence-electron chi connectivity index (χ0n) is 10.9. The Bertz CT molecular complexity index is 448. The van der Waals surface area contributed by atoms with Crippen LogP contribution in [0.3, 0.4) is 0 Å². The highest BCUT2D eigenvalue weighted by atomic mass is 32.2. The van der Waals surface area contributed by atoms with Gasteiger partial charge in [0.05, 0.1) is 5.75 Å². The first kappa shape index (κ1) is 13.5. The molecule has 1 unspecified atom stereocenters. The minimum absolute atomic E-state index is 0.187. The first-order chi connectivity index (χ1) is 8.65. The second kappa shape index (κ2) is 6.28. The van der Waals surface area contributed by atoms with Gasteiger partial charge in [-0.05, 0) is 25.3 Å². The molecule has 0 spiro atoms. The molecule has 0 aromatic heterocycles. The summed E-state index contributed by atoms with van der Waals surface area (Å²) in [6.45, 7) is 2.02. The van der Waals surface area contributed by atoms with Crippen LogP contribution in [0.5, 0.6) is 0 Å². The summed E-state index contributed by atoms with van der Waals surface area (Å²) in [6, 6.07) is 8.01. The number of benzene rings is 1. The Morgan fingerprint density at radius 3 is 2.72 bits per heavy atom. The van der Waals surface area contributed by atoms with E-state index in [1.165, 1.54) is 5.56 Å². The molecule has 1 saturated carbocycles. The number of Topliss-reactive ketones (excluding diaryl/α,β-unsaturated/α-hetero) is 1. The molecular weight excluding hydrogens is 244 g/mol. The molecule has 0 saturated heterocycles. The van der Waals surface area contributed by atoms with Crippen LogP contribution >= 0.6 is 0 Å². The molecule has 18 heavy (non-hydrogen) atoms. The Hall–Kier alpha value is -0.960. The van der Waals surface area contributed by atoms with Crippen molar-refractivity contribution in [3.8, 4) is 0 Å². The third-order valence-electron chi connectivity index (χ3n) is 3.52. The van der Waals surface area contributed by atoms with Crippen LogP contribution in [0, 0.1) is 12.8 Å². The number of carbonyl (C=O) groups is 1. The first-order valence-electron chi connectivity index (χ1n) is 6.58. The standard InChI is InChI=1S/C15H20O2S/c1-12-5-4-6-13(9-12)10-18(17)11-15(16)14-7-2-3-8-14/h4-6,9,14H,2-3,7-8,10-11H2,1H3. The minimum atomic E-state index is -1.05. The quantitative estimate of drug-likeness (QED) is 0.819. The predicted molar refractivity (Wildman–Crippen MR) is 74.9 cm³/mol. The van der Waals surface area contributed by atoms with Gasteiger partial charge in [-0.1, -0.05) is 42.7 Å². The summed E-state index contributed by atoms with van der Waals surface area (Å²) in [7, 11) is -1.05. The van der Waals surface area contributed by atoms with E-state index in [1.807, 2.05) is 31.2 Å². The summed E-state index contributed by atoms with van der Waals surface area (Å²) in [5, 5.41) is 0. The zero-order chi connectivity index (χ0) is 13.0. The molecule has 1 aliphatic carbocycles. The van der Waals surface area contributed by atoms with Crippen molar-refractivity contribution >= 4 is 16.6 Å². The number of rotatable bonds is 5. The fourth-order valence-electron chi connectivity index (χ4n) is 2.56. The molecule has 98 valence electrons. The number of ketones is 1. The highest BCUT2D eigenvalue weighted by Crippen LogP contribution is 2.25. The Labute approximate surface area is 111 Å². The van der Waals surface area contributed by atoms with Crippen LogP contribution in [0.15, 0.2) is 24.3 Å². The van der Waals surface area contributed by atoms with Gasteiger partial charge in [0.25, 0.3) is 0 Å². The molecule has 1 aliphatic rings. The van der Waals surface area contributed by atoms with Crippen molar-refractivity contribution in [2.75, 3.05) is 5.75 Å². The molecule has 3 heteroatoms. The molecule has 0 heterocycles. The Kier molecular flexibility index (Phi) is 4.70. The number of hydrogen-bond donors (Lipinski definition) is 0. The van der Waals surface area contributed by atoms with Gasteiger partial charge in [0.1, 0.15) is 5.78 Å². The topological polar surface area (TPSA) is 34.1 Å². The van der Waals surface area contributed by atoms with E-state index in [1.54, 1.807) is 0 Å². The highest BCUT2D eigenvalue weighted by Gasteiger charge is 2.23. The van der Waals surface area contributed by atoms with Gasteiger partial charge in [-0.3, -0.25) is 9.00 Å². The average Bonchev–Trinajstić information content (AvgIpc) is 2.81. The van der Waals surface area contributed by atoms with Crippen molar-refractivity contribution in [1.29, 1.82) is 0 Å². The molecule has 0 amide bonds. The van der Waals surface area contributed by atoms with Gasteiger partial charge in [-0.2, -0.15) is 0 Å². The van der Waals surface area contributed by atoms with Crippen LogP contribution < -0.4 is 0 Å². The maximum Gasteiger partial charge on any atom is 0.148 e. The van der Waals surface area contributed by atoms with Crippen LogP contribution in [0.1, 0.15) is 36.8 Å². The molecule has 1 aromatic rings. The summed E-state index contributed by atoms with van der Waals surface area (Å²) in [5.41, 5.74) is 2.24. The molecule has 0 bridgehead atoms. The minimum Gasteiger partial charge on any atom is -0.298 e.